The van der Waals surface area contributed by atoms with Crippen LogP contribution in [0.1, 0.15) is 33.9 Å². The van der Waals surface area contributed by atoms with Crippen LogP contribution in [0.2, 0.25) is 0 Å². The zero-order valence-electron chi connectivity index (χ0n) is 13.5. The molecule has 25 heavy (non-hydrogen) atoms. The number of nitrogens with zero attached hydrogens (tertiary/aromatic N) is 4. The average Bonchev–Trinajstić information content (AvgIpc) is 3.30. The van der Waals surface area contributed by atoms with Crippen LogP contribution < -0.4 is 4.74 Å². The second-order valence-corrected chi connectivity index (χ2v) is 6.36. The number of thiazole rings is 1. The van der Waals surface area contributed by atoms with Gasteiger partial charge in [0.25, 0.3) is 0 Å². The molecular weight excluding hydrogens is 340 g/mol. The lowest BCUT2D eigenvalue weighted by molar-refractivity contribution is 0.0696. The van der Waals surface area contributed by atoms with Crippen LogP contribution in [0.15, 0.2) is 42.0 Å². The van der Waals surface area contributed by atoms with Crippen molar-refractivity contribution in [1.29, 1.82) is 0 Å². The Kier molecular flexibility index (Phi) is 5.73. The van der Waals surface area contributed by atoms with Crippen LogP contribution in [-0.4, -0.2) is 31.1 Å². The molecule has 3 aromatic rings. The first-order valence-electron chi connectivity index (χ1n) is 7.94. The summed E-state index contributed by atoms with van der Waals surface area (Å²) < 4.78 is 7.49. The fourth-order valence-electron chi connectivity index (χ4n) is 2.34. The Balaban J connectivity index is 1.41. The van der Waals surface area contributed by atoms with Crippen molar-refractivity contribution < 1.29 is 14.6 Å². The number of unbranched alkanes of at least 4 members (excludes halogenated alkanes) is 1. The van der Waals surface area contributed by atoms with Gasteiger partial charge in [-0.05, 0) is 37.0 Å². The summed E-state index contributed by atoms with van der Waals surface area (Å²) in [6.45, 7) is 1.15. The first-order valence-corrected chi connectivity index (χ1v) is 8.82. The zero-order valence-corrected chi connectivity index (χ0v) is 14.4. The molecule has 7 nitrogen and oxygen atoms in total. The molecule has 0 aliphatic carbocycles. The number of aryl methyl sites for hydroxylation is 2. The Hall–Kier alpha value is -2.74. The third-order valence-corrected chi connectivity index (χ3v) is 4.50. The number of hydrogen-bond acceptors (Lipinski definition) is 6. The summed E-state index contributed by atoms with van der Waals surface area (Å²) in [6.07, 6.45) is 6.69. The quantitative estimate of drug-likeness (QED) is 0.591. The van der Waals surface area contributed by atoms with Gasteiger partial charge < -0.3 is 9.84 Å². The molecule has 0 aliphatic heterocycles. The summed E-state index contributed by atoms with van der Waals surface area (Å²) in [5.74, 6) is -0.263. The largest absolute Gasteiger partial charge is 0.487 e. The van der Waals surface area contributed by atoms with Gasteiger partial charge in [-0.3, -0.25) is 4.68 Å². The highest BCUT2D eigenvalue weighted by Gasteiger charge is 2.09. The van der Waals surface area contributed by atoms with Gasteiger partial charge in [0.05, 0.1) is 11.9 Å². The molecule has 0 unspecified atom stereocenters. The van der Waals surface area contributed by atoms with Crippen LogP contribution in [0.25, 0.3) is 0 Å². The number of rotatable bonds is 9. The minimum atomic E-state index is -1.01. The van der Waals surface area contributed by atoms with E-state index in [0.717, 1.165) is 42.9 Å². The lowest BCUT2D eigenvalue weighted by atomic mass is 10.1. The van der Waals surface area contributed by atoms with Gasteiger partial charge in [-0.2, -0.15) is 0 Å². The topological polar surface area (TPSA) is 90.1 Å². The Morgan fingerprint density at radius 3 is 2.76 bits per heavy atom. The molecule has 2 heterocycles. The second-order valence-electron chi connectivity index (χ2n) is 5.51. The fraction of sp³-hybridized carbons (Fsp3) is 0.294. The number of carboxylic acid groups (broad SMARTS) is 1. The molecule has 8 heteroatoms. The van der Waals surface area contributed by atoms with E-state index in [0.29, 0.717) is 5.69 Å². The molecule has 0 atom stereocenters. The van der Waals surface area contributed by atoms with E-state index in [1.54, 1.807) is 11.6 Å². The van der Waals surface area contributed by atoms with E-state index in [4.69, 9.17) is 9.84 Å². The van der Waals surface area contributed by atoms with E-state index in [1.807, 2.05) is 23.0 Å². The number of benzene rings is 1. The lowest BCUT2D eigenvalue weighted by Crippen LogP contribution is -2.00. The molecule has 0 saturated heterocycles. The summed E-state index contributed by atoms with van der Waals surface area (Å²) >= 11 is 1.10. The Morgan fingerprint density at radius 1 is 1.24 bits per heavy atom. The third kappa shape index (κ3) is 5.12. The normalized spacial score (nSPS) is 10.7. The van der Waals surface area contributed by atoms with Crippen molar-refractivity contribution in [2.75, 3.05) is 0 Å². The predicted molar refractivity (Wildman–Crippen MR) is 92.8 cm³/mol. The van der Waals surface area contributed by atoms with Gasteiger partial charge in [-0.25, -0.2) is 9.78 Å². The van der Waals surface area contributed by atoms with Gasteiger partial charge in [0.1, 0.15) is 12.4 Å². The summed E-state index contributed by atoms with van der Waals surface area (Å²) in [7, 11) is 0. The Labute approximate surface area is 148 Å². The summed E-state index contributed by atoms with van der Waals surface area (Å²) in [6, 6.07) is 7.96. The monoisotopic (exact) mass is 358 g/mol. The van der Waals surface area contributed by atoms with Gasteiger partial charge in [0.15, 0.2) is 0 Å². The Bertz CT molecular complexity index is 800. The Morgan fingerprint density at radius 2 is 2.08 bits per heavy atom. The van der Waals surface area contributed by atoms with Crippen molar-refractivity contribution in [3.8, 4) is 5.75 Å². The van der Waals surface area contributed by atoms with Crippen molar-refractivity contribution in [2.45, 2.75) is 32.4 Å². The van der Waals surface area contributed by atoms with Crippen LogP contribution >= 0.6 is 11.3 Å². The van der Waals surface area contributed by atoms with Crippen LogP contribution in [0, 0.1) is 0 Å². The highest BCUT2D eigenvalue weighted by Crippen LogP contribution is 2.17. The van der Waals surface area contributed by atoms with Crippen molar-refractivity contribution in [3.63, 3.8) is 0 Å². The van der Waals surface area contributed by atoms with Crippen molar-refractivity contribution >= 4 is 17.3 Å². The first-order chi connectivity index (χ1) is 12.2. The molecule has 0 radical (unpaired) electrons. The average molecular weight is 358 g/mol. The first kappa shape index (κ1) is 17.1. The van der Waals surface area contributed by atoms with E-state index in [2.05, 4.69) is 27.4 Å². The highest BCUT2D eigenvalue weighted by molar-refractivity contribution is 7.11. The molecule has 2 aromatic heterocycles. The smallest absolute Gasteiger partial charge is 0.365 e. The molecule has 0 bridgehead atoms. The van der Waals surface area contributed by atoms with Crippen molar-refractivity contribution in [2.24, 2.45) is 0 Å². The molecule has 1 aromatic carbocycles. The van der Waals surface area contributed by atoms with Crippen LogP contribution in [-0.2, 0) is 19.6 Å². The number of aromatic nitrogens is 4. The summed E-state index contributed by atoms with van der Waals surface area (Å²) in [4.78, 5) is 14.8. The third-order valence-electron chi connectivity index (χ3n) is 3.62. The molecule has 3 rings (SSSR count). The zero-order chi connectivity index (χ0) is 17.5. The molecule has 0 amide bonds. The maximum absolute atomic E-state index is 10.8. The van der Waals surface area contributed by atoms with Gasteiger partial charge in [-0.1, -0.05) is 17.3 Å². The van der Waals surface area contributed by atoms with Crippen LogP contribution in [0.5, 0.6) is 5.75 Å². The van der Waals surface area contributed by atoms with Gasteiger partial charge in [0, 0.05) is 18.1 Å². The standard InChI is InChI=1S/C17H18N4O3S/c22-17(23)16-19-14(12-25-16)11-24-15-6-4-13(5-7-15)3-1-2-9-21-10-8-18-20-21/h4-8,10,12H,1-3,9,11H2,(H,22,23). The number of ether oxygens (including phenoxy) is 1. The number of carbonyl (C=O) groups is 1. The number of carboxylic acids is 1. The lowest BCUT2D eigenvalue weighted by Gasteiger charge is -2.06. The molecule has 0 saturated carbocycles. The van der Waals surface area contributed by atoms with Crippen LogP contribution in [0.3, 0.4) is 0 Å². The molecule has 130 valence electrons. The SMILES string of the molecule is O=C(O)c1nc(COc2ccc(CCCCn3ccnn3)cc2)cs1. The van der Waals surface area contributed by atoms with Crippen molar-refractivity contribution in [3.05, 3.63) is 58.3 Å². The predicted octanol–water partition coefficient (Wildman–Crippen LogP) is 3.03. The molecule has 1 N–H and O–H groups in total. The number of aromatic carboxylic acids is 1. The van der Waals surface area contributed by atoms with E-state index < -0.39 is 5.97 Å². The van der Waals surface area contributed by atoms with E-state index in [-0.39, 0.29) is 11.6 Å². The minimum Gasteiger partial charge on any atom is -0.487 e. The summed E-state index contributed by atoms with van der Waals surface area (Å²) in [5, 5.41) is 18.4. The van der Waals surface area contributed by atoms with Gasteiger partial charge in [0.2, 0.25) is 5.01 Å². The van der Waals surface area contributed by atoms with Crippen molar-refractivity contribution in [1.82, 2.24) is 20.0 Å². The molecular formula is C17H18N4O3S. The fourth-order valence-corrected chi connectivity index (χ4v) is 2.98. The maximum Gasteiger partial charge on any atom is 0.365 e. The van der Waals surface area contributed by atoms with E-state index in [1.165, 1.54) is 5.56 Å². The summed E-state index contributed by atoms with van der Waals surface area (Å²) in [5.41, 5.74) is 1.88. The molecule has 0 fully saturated rings. The van der Waals surface area contributed by atoms with Gasteiger partial charge in [-0.15, -0.1) is 16.4 Å². The van der Waals surface area contributed by atoms with Crippen LogP contribution in [0.4, 0.5) is 0 Å². The minimum absolute atomic E-state index is 0.0832. The maximum atomic E-state index is 10.8. The molecule has 0 spiro atoms. The molecule has 0 aliphatic rings. The highest BCUT2D eigenvalue weighted by atomic mass is 32.1. The second kappa shape index (κ2) is 8.39. The number of hydrogen-bond donors (Lipinski definition) is 1. The van der Waals surface area contributed by atoms with E-state index in [9.17, 15) is 4.79 Å². The van der Waals surface area contributed by atoms with E-state index >= 15 is 0 Å². The van der Waals surface area contributed by atoms with Gasteiger partial charge >= 0.3 is 5.97 Å².